The summed E-state index contributed by atoms with van der Waals surface area (Å²) >= 11 is 8.73. The Labute approximate surface area is 192 Å². The van der Waals surface area contributed by atoms with E-state index in [1.807, 2.05) is 19.9 Å². The third-order valence-electron chi connectivity index (χ3n) is 6.25. The van der Waals surface area contributed by atoms with E-state index >= 15 is 4.39 Å². The van der Waals surface area contributed by atoms with Crippen LogP contribution < -0.4 is 4.90 Å². The summed E-state index contributed by atoms with van der Waals surface area (Å²) in [6, 6.07) is 3.60. The lowest BCUT2D eigenvalue weighted by molar-refractivity contribution is 0.417. The van der Waals surface area contributed by atoms with E-state index in [4.69, 9.17) is 11.6 Å². The van der Waals surface area contributed by atoms with Gasteiger partial charge < -0.3 is 4.90 Å². The van der Waals surface area contributed by atoms with Crippen molar-refractivity contribution in [2.45, 2.75) is 33.1 Å². The number of aromatic nitrogens is 3. The SMILES string of the molecule is Cc1cc(C)c(I)c(-c2c(Cl)cc3c(N4CC5CCC(C5)C4)nc(F)nc3c2F)n1. The number of nitrogens with zero attached hydrogens (tertiary/aromatic N) is 4. The van der Waals surface area contributed by atoms with Crippen LogP contribution in [0.1, 0.15) is 30.5 Å². The molecule has 1 aliphatic carbocycles. The molecule has 30 heavy (non-hydrogen) atoms. The van der Waals surface area contributed by atoms with Gasteiger partial charge >= 0.3 is 6.08 Å². The molecule has 2 atom stereocenters. The number of halogens is 4. The molecule has 2 unspecified atom stereocenters. The van der Waals surface area contributed by atoms with Crippen molar-refractivity contribution in [3.63, 3.8) is 0 Å². The summed E-state index contributed by atoms with van der Waals surface area (Å²) in [5.41, 5.74) is 2.30. The van der Waals surface area contributed by atoms with Gasteiger partial charge in [-0.3, -0.25) is 4.98 Å². The summed E-state index contributed by atoms with van der Waals surface area (Å²) in [5, 5.41) is 0.676. The van der Waals surface area contributed by atoms with Crippen molar-refractivity contribution >= 4 is 50.9 Å². The highest BCUT2D eigenvalue weighted by atomic mass is 127. The second-order valence-corrected chi connectivity index (χ2v) is 9.94. The van der Waals surface area contributed by atoms with Crippen LogP contribution in [0.5, 0.6) is 0 Å². The largest absolute Gasteiger partial charge is 0.355 e. The summed E-state index contributed by atoms with van der Waals surface area (Å²) in [7, 11) is 0. The first-order valence-corrected chi connectivity index (χ1v) is 11.5. The molecule has 2 fully saturated rings. The van der Waals surface area contributed by atoms with Crippen LogP contribution in [0.4, 0.5) is 14.6 Å². The average molecular weight is 541 g/mol. The lowest BCUT2D eigenvalue weighted by Crippen LogP contribution is -2.37. The molecular weight excluding hydrogens is 521 g/mol. The number of hydrogen-bond donors (Lipinski definition) is 0. The Morgan fingerprint density at radius 1 is 1.07 bits per heavy atom. The molecule has 5 rings (SSSR count). The Kier molecular flexibility index (Phi) is 5.08. The molecule has 0 spiro atoms. The zero-order valence-electron chi connectivity index (χ0n) is 16.6. The van der Waals surface area contributed by atoms with Gasteiger partial charge in [0, 0.05) is 27.7 Å². The maximum absolute atomic E-state index is 15.7. The molecule has 0 N–H and O–H groups in total. The molecule has 2 aromatic heterocycles. The van der Waals surface area contributed by atoms with Crippen molar-refractivity contribution in [1.82, 2.24) is 15.0 Å². The molecule has 3 heterocycles. The minimum Gasteiger partial charge on any atom is -0.355 e. The maximum atomic E-state index is 15.7. The third kappa shape index (κ3) is 3.34. The van der Waals surface area contributed by atoms with Gasteiger partial charge in [0.25, 0.3) is 0 Å². The van der Waals surface area contributed by atoms with Gasteiger partial charge in [0.1, 0.15) is 11.3 Å². The zero-order chi connectivity index (χ0) is 21.2. The summed E-state index contributed by atoms with van der Waals surface area (Å²) in [4.78, 5) is 14.5. The molecule has 4 nitrogen and oxygen atoms in total. The topological polar surface area (TPSA) is 41.9 Å². The highest BCUT2D eigenvalue weighted by Gasteiger charge is 2.35. The molecule has 2 bridgehead atoms. The number of anilines is 1. The monoisotopic (exact) mass is 540 g/mol. The van der Waals surface area contributed by atoms with Gasteiger partial charge in [-0.05, 0) is 85.2 Å². The van der Waals surface area contributed by atoms with Crippen LogP contribution in [-0.4, -0.2) is 28.0 Å². The second-order valence-electron chi connectivity index (χ2n) is 8.45. The Balaban J connectivity index is 1.72. The van der Waals surface area contributed by atoms with Crippen molar-refractivity contribution in [3.8, 4) is 11.3 Å². The molecule has 1 saturated heterocycles. The molecule has 3 aromatic rings. The van der Waals surface area contributed by atoms with Crippen LogP contribution in [0.15, 0.2) is 12.1 Å². The first kappa shape index (κ1) is 20.3. The summed E-state index contributed by atoms with van der Waals surface area (Å²) in [6.45, 7) is 5.40. The predicted molar refractivity (Wildman–Crippen MR) is 123 cm³/mol. The minimum atomic E-state index is -0.925. The standard InChI is InChI=1S/C22H20ClF2IN4/c1-10-5-11(2)27-20(18(10)26)16-15(23)7-14-19(17(16)24)28-22(25)29-21(14)30-8-12-3-4-13(6-12)9-30/h5,7,12-13H,3-4,6,8-9H2,1-2H3. The lowest BCUT2D eigenvalue weighted by atomic mass is 9.98. The quantitative estimate of drug-likeness (QED) is 0.292. The highest BCUT2D eigenvalue weighted by molar-refractivity contribution is 14.1. The number of pyridine rings is 1. The van der Waals surface area contributed by atoms with Crippen LogP contribution in [-0.2, 0) is 0 Å². The Morgan fingerprint density at radius 3 is 2.47 bits per heavy atom. The van der Waals surface area contributed by atoms with E-state index < -0.39 is 11.9 Å². The van der Waals surface area contributed by atoms with Crippen molar-refractivity contribution < 1.29 is 8.78 Å². The number of benzene rings is 1. The molecule has 156 valence electrons. The van der Waals surface area contributed by atoms with Crippen molar-refractivity contribution in [2.75, 3.05) is 18.0 Å². The predicted octanol–water partition coefficient (Wildman–Crippen LogP) is 6.08. The third-order valence-corrected chi connectivity index (χ3v) is 7.91. The van der Waals surface area contributed by atoms with E-state index in [9.17, 15) is 4.39 Å². The van der Waals surface area contributed by atoms with Gasteiger partial charge in [-0.1, -0.05) is 11.6 Å². The van der Waals surface area contributed by atoms with Gasteiger partial charge in [-0.25, -0.2) is 4.39 Å². The highest BCUT2D eigenvalue weighted by Crippen LogP contribution is 2.42. The van der Waals surface area contributed by atoms with Crippen LogP contribution in [0.2, 0.25) is 5.02 Å². The molecular formula is C22H20ClF2IN4. The molecule has 2 aliphatic rings. The number of fused-ring (bicyclic) bond motifs is 3. The molecule has 1 saturated carbocycles. The van der Waals surface area contributed by atoms with Gasteiger partial charge in [-0.15, -0.1) is 0 Å². The van der Waals surface area contributed by atoms with E-state index in [0.717, 1.165) is 27.9 Å². The second kappa shape index (κ2) is 7.51. The number of piperidine rings is 1. The summed E-state index contributed by atoms with van der Waals surface area (Å²) < 4.78 is 31.0. The van der Waals surface area contributed by atoms with Crippen LogP contribution in [0, 0.1) is 41.1 Å². The Hall–Kier alpha value is -1.61. The first-order valence-electron chi connectivity index (χ1n) is 10.1. The van der Waals surface area contributed by atoms with Gasteiger partial charge in [-0.2, -0.15) is 14.4 Å². The van der Waals surface area contributed by atoms with Gasteiger partial charge in [0.2, 0.25) is 0 Å². The summed E-state index contributed by atoms with van der Waals surface area (Å²) in [6.07, 6.45) is 2.65. The lowest BCUT2D eigenvalue weighted by Gasteiger charge is -2.33. The molecule has 1 aliphatic heterocycles. The first-order chi connectivity index (χ1) is 14.3. The van der Waals surface area contributed by atoms with Gasteiger partial charge in [0.05, 0.1) is 16.3 Å². The normalized spacial score (nSPS) is 20.9. The van der Waals surface area contributed by atoms with Gasteiger partial charge in [0.15, 0.2) is 5.82 Å². The Morgan fingerprint density at radius 2 is 1.77 bits per heavy atom. The van der Waals surface area contributed by atoms with Crippen molar-refractivity contribution in [3.05, 3.63) is 43.9 Å². The molecule has 8 heteroatoms. The molecule has 1 aromatic carbocycles. The van der Waals surface area contributed by atoms with Crippen LogP contribution in [0.3, 0.4) is 0 Å². The van der Waals surface area contributed by atoms with Crippen LogP contribution >= 0.6 is 34.2 Å². The smallest absolute Gasteiger partial charge is 0.311 e. The number of rotatable bonds is 2. The molecule has 0 radical (unpaired) electrons. The minimum absolute atomic E-state index is 0.0495. The average Bonchev–Trinajstić information content (AvgIpc) is 3.03. The summed E-state index contributed by atoms with van der Waals surface area (Å²) in [5.74, 6) is 0.940. The fourth-order valence-corrected chi connectivity index (χ4v) is 5.81. The Bertz CT molecular complexity index is 1170. The fourth-order valence-electron chi connectivity index (χ4n) is 4.98. The van der Waals surface area contributed by atoms with E-state index in [1.165, 1.54) is 19.3 Å². The fraction of sp³-hybridized carbons (Fsp3) is 0.409. The van der Waals surface area contributed by atoms with E-state index in [2.05, 4.69) is 42.4 Å². The van der Waals surface area contributed by atoms with Crippen LogP contribution in [0.25, 0.3) is 22.2 Å². The number of hydrogen-bond acceptors (Lipinski definition) is 4. The van der Waals surface area contributed by atoms with E-state index in [0.29, 0.717) is 28.7 Å². The van der Waals surface area contributed by atoms with E-state index in [1.54, 1.807) is 6.07 Å². The van der Waals surface area contributed by atoms with Crippen molar-refractivity contribution in [2.24, 2.45) is 11.8 Å². The maximum Gasteiger partial charge on any atom is 0.311 e. The molecule has 0 amide bonds. The zero-order valence-corrected chi connectivity index (χ0v) is 19.6. The van der Waals surface area contributed by atoms with E-state index in [-0.39, 0.29) is 16.1 Å². The van der Waals surface area contributed by atoms with Crippen molar-refractivity contribution in [1.29, 1.82) is 0 Å². The number of aryl methyl sites for hydroxylation is 2.